The maximum Gasteiger partial charge on any atom is 0.338 e. The predicted molar refractivity (Wildman–Crippen MR) is 109 cm³/mol. The molecule has 0 unspecified atom stereocenters. The molecule has 0 radical (unpaired) electrons. The van der Waals surface area contributed by atoms with E-state index in [1.165, 1.54) is 0 Å². The molecule has 1 aliphatic heterocycles. The molecule has 0 bridgehead atoms. The number of amides is 1. The zero-order valence-corrected chi connectivity index (χ0v) is 16.8. The lowest BCUT2D eigenvalue weighted by Crippen LogP contribution is -2.30. The van der Waals surface area contributed by atoms with Gasteiger partial charge in [-0.15, -0.1) is 0 Å². The van der Waals surface area contributed by atoms with Crippen molar-refractivity contribution < 1.29 is 23.8 Å². The zero-order chi connectivity index (χ0) is 20.5. The summed E-state index contributed by atoms with van der Waals surface area (Å²) in [4.78, 5) is 23.9. The molecule has 1 N–H and O–H groups in total. The van der Waals surface area contributed by atoms with Gasteiger partial charge in [-0.25, -0.2) is 4.79 Å². The van der Waals surface area contributed by atoms with Crippen molar-refractivity contribution >= 4 is 23.5 Å². The van der Waals surface area contributed by atoms with Crippen molar-refractivity contribution in [2.75, 3.05) is 26.4 Å². The minimum Gasteiger partial charge on any atom is -0.491 e. The van der Waals surface area contributed by atoms with Crippen LogP contribution in [0, 0.1) is 0 Å². The largest absolute Gasteiger partial charge is 0.491 e. The summed E-state index contributed by atoms with van der Waals surface area (Å²) in [5.41, 5.74) is 1.39. The molecule has 1 fully saturated rings. The second-order valence-corrected chi connectivity index (χ2v) is 7.21. The van der Waals surface area contributed by atoms with E-state index in [9.17, 15) is 9.59 Å². The molecular formula is C22H24ClNO5. The average Bonchev–Trinajstić information content (AvgIpc) is 3.25. The average molecular weight is 418 g/mol. The molecule has 3 rings (SSSR count). The number of benzene rings is 2. The first-order chi connectivity index (χ1) is 14.1. The Morgan fingerprint density at radius 1 is 1.17 bits per heavy atom. The molecule has 154 valence electrons. The van der Waals surface area contributed by atoms with Crippen LogP contribution >= 0.6 is 11.6 Å². The molecule has 1 amide bonds. The first kappa shape index (κ1) is 21.1. The molecule has 7 heteroatoms. The van der Waals surface area contributed by atoms with E-state index in [0.29, 0.717) is 35.9 Å². The lowest BCUT2D eigenvalue weighted by molar-refractivity contribution is -0.124. The summed E-state index contributed by atoms with van der Waals surface area (Å²) in [5.74, 6) is -0.242. The first-order valence-electron chi connectivity index (χ1n) is 9.63. The lowest BCUT2D eigenvalue weighted by Gasteiger charge is -2.11. The van der Waals surface area contributed by atoms with Crippen molar-refractivity contribution in [2.45, 2.75) is 25.4 Å². The van der Waals surface area contributed by atoms with E-state index in [2.05, 4.69) is 5.32 Å². The van der Waals surface area contributed by atoms with Gasteiger partial charge in [-0.2, -0.15) is 0 Å². The van der Waals surface area contributed by atoms with E-state index in [0.717, 1.165) is 25.0 Å². The maximum atomic E-state index is 12.1. The number of ether oxygens (including phenoxy) is 3. The van der Waals surface area contributed by atoms with Crippen LogP contribution in [0.3, 0.4) is 0 Å². The Balaban J connectivity index is 1.35. The highest BCUT2D eigenvalue weighted by molar-refractivity contribution is 6.30. The third-order valence-corrected chi connectivity index (χ3v) is 4.74. The molecule has 0 spiro atoms. The highest BCUT2D eigenvalue weighted by Gasteiger charge is 2.16. The Kier molecular flexibility index (Phi) is 7.90. The fourth-order valence-corrected chi connectivity index (χ4v) is 3.17. The molecule has 1 atom stereocenters. The van der Waals surface area contributed by atoms with Crippen LogP contribution in [0.2, 0.25) is 5.02 Å². The minimum absolute atomic E-state index is 0.136. The van der Waals surface area contributed by atoms with Crippen LogP contribution in [0.15, 0.2) is 48.5 Å². The van der Waals surface area contributed by atoms with Crippen LogP contribution < -0.4 is 10.1 Å². The molecule has 1 aliphatic rings. The van der Waals surface area contributed by atoms with E-state index in [1.807, 2.05) is 18.2 Å². The van der Waals surface area contributed by atoms with Gasteiger partial charge in [-0.3, -0.25) is 4.79 Å². The highest BCUT2D eigenvalue weighted by atomic mass is 35.5. The summed E-state index contributed by atoms with van der Waals surface area (Å²) < 4.78 is 16.2. The molecule has 1 saturated heterocycles. The number of esters is 1. The van der Waals surface area contributed by atoms with Crippen LogP contribution in [-0.4, -0.2) is 44.3 Å². The van der Waals surface area contributed by atoms with Gasteiger partial charge in [0.1, 0.15) is 12.4 Å². The fraction of sp³-hybridized carbons (Fsp3) is 0.364. The van der Waals surface area contributed by atoms with E-state index < -0.39 is 5.97 Å². The molecule has 0 aromatic heterocycles. The molecular weight excluding hydrogens is 394 g/mol. The van der Waals surface area contributed by atoms with E-state index >= 15 is 0 Å². The van der Waals surface area contributed by atoms with Crippen molar-refractivity contribution in [2.24, 2.45) is 0 Å². The first-order valence-corrected chi connectivity index (χ1v) is 10.0. The van der Waals surface area contributed by atoms with Crippen LogP contribution in [-0.2, 0) is 20.7 Å². The van der Waals surface area contributed by atoms with Gasteiger partial charge >= 0.3 is 5.97 Å². The van der Waals surface area contributed by atoms with Crippen molar-refractivity contribution in [1.82, 2.24) is 5.32 Å². The zero-order valence-electron chi connectivity index (χ0n) is 16.1. The van der Waals surface area contributed by atoms with Crippen molar-refractivity contribution in [3.8, 4) is 5.75 Å². The van der Waals surface area contributed by atoms with E-state index in [4.69, 9.17) is 25.8 Å². The number of rotatable bonds is 9. The Morgan fingerprint density at radius 2 is 2.00 bits per heavy atom. The van der Waals surface area contributed by atoms with Gasteiger partial charge in [0.05, 0.1) is 11.7 Å². The van der Waals surface area contributed by atoms with E-state index in [1.54, 1.807) is 30.3 Å². The van der Waals surface area contributed by atoms with Gasteiger partial charge < -0.3 is 19.5 Å². The summed E-state index contributed by atoms with van der Waals surface area (Å²) in [6, 6.07) is 14.1. The van der Waals surface area contributed by atoms with Crippen molar-refractivity contribution in [3.63, 3.8) is 0 Å². The van der Waals surface area contributed by atoms with Gasteiger partial charge in [-0.05, 0) is 61.2 Å². The van der Waals surface area contributed by atoms with Gasteiger partial charge in [0.2, 0.25) is 0 Å². The summed E-state index contributed by atoms with van der Waals surface area (Å²) in [6.45, 7) is 1.39. The molecule has 1 heterocycles. The topological polar surface area (TPSA) is 73.9 Å². The van der Waals surface area contributed by atoms with E-state index in [-0.39, 0.29) is 18.6 Å². The maximum absolute atomic E-state index is 12.1. The Bertz CT molecular complexity index is 818. The minimum atomic E-state index is -0.555. The van der Waals surface area contributed by atoms with Gasteiger partial charge in [-0.1, -0.05) is 23.7 Å². The summed E-state index contributed by atoms with van der Waals surface area (Å²) in [6.07, 6.45) is 2.85. The van der Waals surface area contributed by atoms with Crippen LogP contribution in [0.25, 0.3) is 0 Å². The number of nitrogens with one attached hydrogen (secondary N) is 1. The second-order valence-electron chi connectivity index (χ2n) is 6.78. The van der Waals surface area contributed by atoms with Crippen LogP contribution in [0.4, 0.5) is 0 Å². The Hall–Kier alpha value is -2.57. The van der Waals surface area contributed by atoms with Crippen molar-refractivity contribution in [1.29, 1.82) is 0 Å². The highest BCUT2D eigenvalue weighted by Crippen LogP contribution is 2.17. The Morgan fingerprint density at radius 3 is 2.72 bits per heavy atom. The summed E-state index contributed by atoms with van der Waals surface area (Å²) in [7, 11) is 0. The monoisotopic (exact) mass is 417 g/mol. The summed E-state index contributed by atoms with van der Waals surface area (Å²) in [5, 5.41) is 3.38. The predicted octanol–water partition coefficient (Wildman–Crippen LogP) is 3.41. The smallest absolute Gasteiger partial charge is 0.338 e. The van der Waals surface area contributed by atoms with Gasteiger partial charge in [0, 0.05) is 18.2 Å². The third kappa shape index (κ3) is 7.07. The molecule has 2 aromatic carbocycles. The third-order valence-electron chi connectivity index (χ3n) is 4.51. The lowest BCUT2D eigenvalue weighted by atomic mass is 10.1. The number of carbonyl (C=O) groups excluding carboxylic acids is 2. The quantitative estimate of drug-likeness (QED) is 0.633. The molecule has 6 nitrogen and oxygen atoms in total. The number of halogens is 1. The number of hydrogen-bond acceptors (Lipinski definition) is 5. The van der Waals surface area contributed by atoms with Crippen molar-refractivity contribution in [3.05, 3.63) is 64.7 Å². The van der Waals surface area contributed by atoms with Gasteiger partial charge in [0.25, 0.3) is 5.91 Å². The summed E-state index contributed by atoms with van der Waals surface area (Å²) >= 11 is 5.93. The molecule has 29 heavy (non-hydrogen) atoms. The molecule has 0 saturated carbocycles. The molecule has 2 aromatic rings. The van der Waals surface area contributed by atoms with Crippen LogP contribution in [0.5, 0.6) is 5.75 Å². The van der Waals surface area contributed by atoms with Gasteiger partial charge in [0.15, 0.2) is 6.61 Å². The second kappa shape index (κ2) is 10.8. The SMILES string of the molecule is O=C(COC(=O)c1ccc(OC[C@@H]2CCCO2)cc1)NCCc1cccc(Cl)c1. The molecule has 0 aliphatic carbocycles. The van der Waals surface area contributed by atoms with Crippen LogP contribution in [0.1, 0.15) is 28.8 Å². The number of carbonyl (C=O) groups is 2. The Labute approximate surface area is 175 Å². The standard InChI is InChI=1S/C22H24ClNO5/c23-18-4-1-3-16(13-18)10-11-24-21(25)15-29-22(26)17-6-8-19(9-7-17)28-14-20-5-2-12-27-20/h1,3-4,6-9,13,20H,2,5,10-12,14-15H2,(H,24,25)/t20-/m0/s1. The normalized spacial score (nSPS) is 15.7. The fourth-order valence-electron chi connectivity index (χ4n) is 2.96. The number of hydrogen-bond donors (Lipinski definition) is 1.